The number of rotatable bonds is 5. The predicted molar refractivity (Wildman–Crippen MR) is 106 cm³/mol. The minimum atomic E-state index is -0.0521. The molecule has 3 aromatic rings. The number of hydrogen-bond acceptors (Lipinski definition) is 4. The van der Waals surface area contributed by atoms with Crippen LogP contribution in [0.4, 0.5) is 0 Å². The molecule has 0 atom stereocenters. The number of nitrogens with zero attached hydrogens (tertiary/aromatic N) is 3. The molecule has 3 rings (SSSR count). The second kappa shape index (κ2) is 7.92. The van der Waals surface area contributed by atoms with E-state index in [0.717, 1.165) is 11.1 Å². The Bertz CT molecular complexity index is 966. The maximum atomic E-state index is 13.1. The van der Waals surface area contributed by atoms with E-state index in [4.69, 9.17) is 16.0 Å². The summed E-state index contributed by atoms with van der Waals surface area (Å²) in [6.07, 6.45) is 0. The van der Waals surface area contributed by atoms with Crippen molar-refractivity contribution in [1.82, 2.24) is 15.1 Å². The number of hydrogen-bond donors (Lipinski definition) is 0. The minimum absolute atomic E-state index is 0.0203. The van der Waals surface area contributed by atoms with Gasteiger partial charge in [-0.25, -0.2) is 0 Å². The lowest BCUT2D eigenvalue weighted by Gasteiger charge is -2.26. The van der Waals surface area contributed by atoms with Crippen LogP contribution in [0.2, 0.25) is 5.02 Å². The van der Waals surface area contributed by atoms with Gasteiger partial charge in [0, 0.05) is 11.6 Å². The van der Waals surface area contributed by atoms with Gasteiger partial charge in [0.2, 0.25) is 11.8 Å². The topological polar surface area (TPSA) is 59.2 Å². The predicted octanol–water partition coefficient (Wildman–Crippen LogP) is 5.06. The van der Waals surface area contributed by atoms with E-state index in [2.05, 4.69) is 10.2 Å². The molecule has 0 saturated heterocycles. The van der Waals surface area contributed by atoms with Gasteiger partial charge in [-0.2, -0.15) is 0 Å². The van der Waals surface area contributed by atoms with Crippen LogP contribution in [0.15, 0.2) is 46.9 Å². The molecule has 0 aliphatic carbocycles. The number of amides is 1. The lowest BCUT2D eigenvalue weighted by atomic mass is 10.0. The molecular weight excluding hydrogens is 362 g/mol. The molecule has 5 nitrogen and oxygen atoms in total. The summed E-state index contributed by atoms with van der Waals surface area (Å²) in [6, 6.07) is 13.0. The largest absolute Gasteiger partial charge is 0.419 e. The van der Waals surface area contributed by atoms with Crippen molar-refractivity contribution in [2.75, 3.05) is 0 Å². The lowest BCUT2D eigenvalue weighted by Crippen LogP contribution is -2.37. The van der Waals surface area contributed by atoms with Crippen LogP contribution in [-0.4, -0.2) is 27.0 Å². The second-order valence-corrected chi connectivity index (χ2v) is 7.16. The maximum Gasteiger partial charge on any atom is 0.254 e. The van der Waals surface area contributed by atoms with Gasteiger partial charge >= 0.3 is 0 Å². The molecule has 0 unspecified atom stereocenters. The summed E-state index contributed by atoms with van der Waals surface area (Å²) in [4.78, 5) is 14.8. The van der Waals surface area contributed by atoms with Gasteiger partial charge in [-0.1, -0.05) is 35.9 Å². The molecule has 0 saturated carbocycles. The Morgan fingerprint density at radius 1 is 1.11 bits per heavy atom. The summed E-state index contributed by atoms with van der Waals surface area (Å²) < 4.78 is 5.77. The Hall–Kier alpha value is -2.66. The standard InChI is InChI=1S/C21H22ClN3O2/c1-13(2)25(21(26)16-10-7-8-14(3)15(16)4)12-19-23-24-20(27-19)17-9-5-6-11-18(17)22/h5-11,13H,12H2,1-4H3. The summed E-state index contributed by atoms with van der Waals surface area (Å²) in [5.74, 6) is 0.666. The maximum absolute atomic E-state index is 13.1. The van der Waals surface area contributed by atoms with Crippen LogP contribution in [0, 0.1) is 13.8 Å². The monoisotopic (exact) mass is 383 g/mol. The molecule has 0 spiro atoms. The zero-order valence-electron chi connectivity index (χ0n) is 15.9. The molecule has 0 N–H and O–H groups in total. The molecule has 1 heterocycles. The first-order valence-corrected chi connectivity index (χ1v) is 9.20. The van der Waals surface area contributed by atoms with E-state index in [1.165, 1.54) is 0 Å². The molecule has 27 heavy (non-hydrogen) atoms. The van der Waals surface area contributed by atoms with Crippen LogP contribution >= 0.6 is 11.6 Å². The minimum Gasteiger partial charge on any atom is -0.419 e. The van der Waals surface area contributed by atoms with Crippen molar-refractivity contribution in [2.24, 2.45) is 0 Å². The van der Waals surface area contributed by atoms with E-state index in [0.29, 0.717) is 27.9 Å². The molecule has 0 fully saturated rings. The third-order valence-electron chi connectivity index (χ3n) is 4.60. The number of halogens is 1. The Labute approximate surface area is 164 Å². The Balaban J connectivity index is 1.87. The van der Waals surface area contributed by atoms with Gasteiger partial charge in [-0.3, -0.25) is 4.79 Å². The Morgan fingerprint density at radius 3 is 2.56 bits per heavy atom. The zero-order chi connectivity index (χ0) is 19.6. The molecule has 6 heteroatoms. The van der Waals surface area contributed by atoms with Crippen molar-refractivity contribution in [3.05, 3.63) is 70.1 Å². The van der Waals surface area contributed by atoms with Crippen molar-refractivity contribution >= 4 is 17.5 Å². The van der Waals surface area contributed by atoms with Crippen LogP contribution in [-0.2, 0) is 6.54 Å². The Kier molecular flexibility index (Phi) is 5.61. The first-order valence-electron chi connectivity index (χ1n) is 8.83. The number of carbonyl (C=O) groups excluding carboxylic acids is 1. The van der Waals surface area contributed by atoms with Crippen molar-refractivity contribution in [3.8, 4) is 11.5 Å². The number of aromatic nitrogens is 2. The second-order valence-electron chi connectivity index (χ2n) is 6.76. The normalized spacial score (nSPS) is 11.0. The highest BCUT2D eigenvalue weighted by atomic mass is 35.5. The van der Waals surface area contributed by atoms with Gasteiger partial charge in [0.15, 0.2) is 0 Å². The average Bonchev–Trinajstić information content (AvgIpc) is 3.10. The van der Waals surface area contributed by atoms with Gasteiger partial charge in [0.25, 0.3) is 5.91 Å². The van der Waals surface area contributed by atoms with E-state index in [9.17, 15) is 4.79 Å². The van der Waals surface area contributed by atoms with E-state index in [-0.39, 0.29) is 18.5 Å². The lowest BCUT2D eigenvalue weighted by molar-refractivity contribution is 0.0671. The smallest absolute Gasteiger partial charge is 0.254 e. The van der Waals surface area contributed by atoms with E-state index < -0.39 is 0 Å². The van der Waals surface area contributed by atoms with Gasteiger partial charge in [0.05, 0.1) is 17.1 Å². The first-order chi connectivity index (χ1) is 12.9. The van der Waals surface area contributed by atoms with Crippen LogP contribution in [0.5, 0.6) is 0 Å². The number of benzene rings is 2. The summed E-state index contributed by atoms with van der Waals surface area (Å²) in [5, 5.41) is 8.73. The van der Waals surface area contributed by atoms with Crippen LogP contribution < -0.4 is 0 Å². The molecule has 0 aliphatic heterocycles. The third kappa shape index (κ3) is 4.03. The van der Waals surface area contributed by atoms with Gasteiger partial charge in [-0.05, 0) is 57.0 Å². The molecule has 0 bridgehead atoms. The average molecular weight is 384 g/mol. The van der Waals surface area contributed by atoms with Gasteiger partial charge in [0.1, 0.15) is 0 Å². The molecule has 0 radical (unpaired) electrons. The first kappa shape index (κ1) is 19.1. The fourth-order valence-electron chi connectivity index (χ4n) is 2.83. The Morgan fingerprint density at radius 2 is 1.85 bits per heavy atom. The molecule has 140 valence electrons. The summed E-state index contributed by atoms with van der Waals surface area (Å²) in [6.45, 7) is 8.13. The van der Waals surface area contributed by atoms with Gasteiger partial charge < -0.3 is 9.32 Å². The van der Waals surface area contributed by atoms with Crippen LogP contribution in [0.1, 0.15) is 41.2 Å². The molecule has 1 amide bonds. The quantitative estimate of drug-likeness (QED) is 0.618. The van der Waals surface area contributed by atoms with Crippen molar-refractivity contribution in [2.45, 2.75) is 40.3 Å². The summed E-state index contributed by atoms with van der Waals surface area (Å²) in [5.41, 5.74) is 3.43. The van der Waals surface area contributed by atoms with Crippen LogP contribution in [0.3, 0.4) is 0 Å². The highest BCUT2D eigenvalue weighted by molar-refractivity contribution is 6.33. The highest BCUT2D eigenvalue weighted by Gasteiger charge is 2.23. The van der Waals surface area contributed by atoms with Gasteiger partial charge in [-0.15, -0.1) is 10.2 Å². The number of carbonyl (C=O) groups is 1. The molecule has 1 aromatic heterocycles. The van der Waals surface area contributed by atoms with Crippen LogP contribution in [0.25, 0.3) is 11.5 Å². The molecular formula is C21H22ClN3O2. The fourth-order valence-corrected chi connectivity index (χ4v) is 3.05. The van der Waals surface area contributed by atoms with Crippen molar-refractivity contribution in [1.29, 1.82) is 0 Å². The molecule has 0 aliphatic rings. The number of aryl methyl sites for hydroxylation is 1. The highest BCUT2D eigenvalue weighted by Crippen LogP contribution is 2.27. The summed E-state index contributed by atoms with van der Waals surface area (Å²) in [7, 11) is 0. The fraction of sp³-hybridized carbons (Fsp3) is 0.286. The van der Waals surface area contributed by atoms with Crippen molar-refractivity contribution in [3.63, 3.8) is 0 Å². The molecule has 2 aromatic carbocycles. The van der Waals surface area contributed by atoms with Crippen molar-refractivity contribution < 1.29 is 9.21 Å². The SMILES string of the molecule is Cc1cccc(C(=O)N(Cc2nnc(-c3ccccc3Cl)o2)C(C)C)c1C. The van der Waals surface area contributed by atoms with E-state index >= 15 is 0 Å². The third-order valence-corrected chi connectivity index (χ3v) is 4.93. The zero-order valence-corrected chi connectivity index (χ0v) is 16.6. The van der Waals surface area contributed by atoms with E-state index in [1.54, 1.807) is 11.0 Å². The van der Waals surface area contributed by atoms with E-state index in [1.807, 2.05) is 64.1 Å². The summed E-state index contributed by atoms with van der Waals surface area (Å²) >= 11 is 6.19.